The van der Waals surface area contributed by atoms with Crippen molar-refractivity contribution in [1.29, 1.82) is 0 Å². The van der Waals surface area contributed by atoms with E-state index >= 15 is 0 Å². The van der Waals surface area contributed by atoms with Crippen LogP contribution in [-0.2, 0) is 5.41 Å². The fourth-order valence-corrected chi connectivity index (χ4v) is 3.93. The van der Waals surface area contributed by atoms with Crippen LogP contribution in [-0.4, -0.2) is 38.3 Å². The summed E-state index contributed by atoms with van der Waals surface area (Å²) in [6, 6.07) is 6.83. The minimum Gasteiger partial charge on any atom is -0.493 e. The van der Waals surface area contributed by atoms with Gasteiger partial charge in [-0.2, -0.15) is 0 Å². The van der Waals surface area contributed by atoms with Gasteiger partial charge >= 0.3 is 0 Å². The van der Waals surface area contributed by atoms with Gasteiger partial charge in [0.1, 0.15) is 6.61 Å². The molecule has 0 bridgehead atoms. The van der Waals surface area contributed by atoms with Gasteiger partial charge in [-0.3, -0.25) is 0 Å². The molecule has 3 heteroatoms. The summed E-state index contributed by atoms with van der Waals surface area (Å²) in [5, 5.41) is 0. The lowest BCUT2D eigenvalue weighted by Crippen LogP contribution is -2.41. The van der Waals surface area contributed by atoms with Crippen LogP contribution in [0.1, 0.15) is 24.8 Å². The molecule has 22 heavy (non-hydrogen) atoms. The number of hydrogen-bond donors (Lipinski definition) is 0. The van der Waals surface area contributed by atoms with Gasteiger partial charge in [0.15, 0.2) is 11.5 Å². The molecule has 2 atom stereocenters. The first-order valence-corrected chi connectivity index (χ1v) is 7.84. The Hall–Kier alpha value is -1.92. The van der Waals surface area contributed by atoms with E-state index in [0.717, 1.165) is 30.9 Å². The van der Waals surface area contributed by atoms with Crippen LogP contribution in [0, 0.1) is 12.3 Å². The molecule has 1 aliphatic heterocycles. The average Bonchev–Trinajstić information content (AvgIpc) is 2.91. The number of fused-ring (bicyclic) bond motifs is 1. The Balaban J connectivity index is 2.02. The van der Waals surface area contributed by atoms with Crippen molar-refractivity contribution in [3.05, 3.63) is 35.9 Å². The Morgan fingerprint density at radius 1 is 1.41 bits per heavy atom. The second-order valence-electron chi connectivity index (χ2n) is 6.12. The molecular formula is C19H23NO2. The van der Waals surface area contributed by atoms with Gasteiger partial charge in [-0.15, -0.1) is 6.42 Å². The maximum absolute atomic E-state index is 5.68. The molecule has 0 aromatic heterocycles. The van der Waals surface area contributed by atoms with Crippen molar-refractivity contribution in [3.63, 3.8) is 0 Å². The standard InChI is InChI=1S/C19H23NO2/c1-4-13-22-17-14-15(8-9-16(17)21-3)19-10-6-5-7-18(19)20(2)12-11-19/h1,6,8-10,14,18H,5,7,11-13H2,2-3H3/t18-,19-/m0/s1. The van der Waals surface area contributed by atoms with E-state index in [0.29, 0.717) is 6.04 Å². The summed E-state index contributed by atoms with van der Waals surface area (Å²) >= 11 is 0. The number of terminal acetylenes is 1. The zero-order chi connectivity index (χ0) is 15.6. The number of benzene rings is 1. The van der Waals surface area contributed by atoms with E-state index in [1.807, 2.05) is 6.07 Å². The number of rotatable bonds is 4. The van der Waals surface area contributed by atoms with Crippen LogP contribution >= 0.6 is 0 Å². The van der Waals surface area contributed by atoms with Crippen LogP contribution in [0.3, 0.4) is 0 Å². The third-order valence-electron chi connectivity index (χ3n) is 5.04. The summed E-state index contributed by atoms with van der Waals surface area (Å²) in [6.07, 6.45) is 13.6. The monoisotopic (exact) mass is 297 g/mol. The first-order chi connectivity index (χ1) is 10.7. The van der Waals surface area contributed by atoms with Gasteiger partial charge in [-0.1, -0.05) is 24.1 Å². The molecule has 1 aliphatic carbocycles. The molecule has 1 aromatic carbocycles. The number of methoxy groups -OCH3 is 1. The van der Waals surface area contributed by atoms with E-state index in [1.54, 1.807) is 7.11 Å². The van der Waals surface area contributed by atoms with Crippen molar-refractivity contribution in [3.8, 4) is 23.8 Å². The molecule has 0 unspecified atom stereocenters. The Labute approximate surface area is 132 Å². The van der Waals surface area contributed by atoms with Crippen LogP contribution in [0.15, 0.2) is 30.4 Å². The van der Waals surface area contributed by atoms with Gasteiger partial charge in [0.05, 0.1) is 7.11 Å². The van der Waals surface area contributed by atoms with E-state index in [1.165, 1.54) is 12.0 Å². The van der Waals surface area contributed by atoms with Crippen molar-refractivity contribution in [1.82, 2.24) is 4.90 Å². The first kappa shape index (κ1) is 15.0. The summed E-state index contributed by atoms with van der Waals surface area (Å²) in [5.41, 5.74) is 1.39. The highest BCUT2D eigenvalue weighted by Gasteiger charge is 2.46. The highest BCUT2D eigenvalue weighted by molar-refractivity contribution is 5.48. The Kier molecular flexibility index (Phi) is 4.13. The molecule has 1 aromatic rings. The van der Waals surface area contributed by atoms with Gasteiger partial charge in [-0.05, 0) is 50.6 Å². The number of allylic oxidation sites excluding steroid dienone is 1. The van der Waals surface area contributed by atoms with Gasteiger partial charge in [-0.25, -0.2) is 0 Å². The quantitative estimate of drug-likeness (QED) is 0.630. The van der Waals surface area contributed by atoms with Crippen LogP contribution < -0.4 is 9.47 Å². The van der Waals surface area contributed by atoms with E-state index in [2.05, 4.69) is 42.2 Å². The van der Waals surface area contributed by atoms with Gasteiger partial charge in [0.2, 0.25) is 0 Å². The van der Waals surface area contributed by atoms with Crippen LogP contribution in [0.5, 0.6) is 11.5 Å². The highest BCUT2D eigenvalue weighted by atomic mass is 16.5. The van der Waals surface area contributed by atoms with E-state index in [4.69, 9.17) is 15.9 Å². The lowest BCUT2D eigenvalue weighted by molar-refractivity contribution is 0.248. The maximum atomic E-state index is 5.68. The number of likely N-dealkylation sites (N-methyl/N-ethyl adjacent to an activating group) is 1. The second-order valence-corrected chi connectivity index (χ2v) is 6.12. The molecule has 116 valence electrons. The van der Waals surface area contributed by atoms with Crippen LogP contribution in [0.25, 0.3) is 0 Å². The van der Waals surface area contributed by atoms with Crippen molar-refractivity contribution >= 4 is 0 Å². The van der Waals surface area contributed by atoms with Crippen molar-refractivity contribution in [2.45, 2.75) is 30.7 Å². The first-order valence-electron chi connectivity index (χ1n) is 7.84. The summed E-state index contributed by atoms with van der Waals surface area (Å²) in [4.78, 5) is 2.48. The van der Waals surface area contributed by atoms with Crippen LogP contribution in [0.4, 0.5) is 0 Å². The molecule has 0 saturated carbocycles. The van der Waals surface area contributed by atoms with Crippen molar-refractivity contribution in [2.24, 2.45) is 0 Å². The lowest BCUT2D eigenvalue weighted by atomic mass is 9.70. The van der Waals surface area contributed by atoms with Gasteiger partial charge in [0.25, 0.3) is 0 Å². The largest absolute Gasteiger partial charge is 0.493 e. The van der Waals surface area contributed by atoms with Crippen molar-refractivity contribution < 1.29 is 9.47 Å². The summed E-state index contributed by atoms with van der Waals surface area (Å²) in [6.45, 7) is 1.38. The zero-order valence-corrected chi connectivity index (χ0v) is 13.3. The Morgan fingerprint density at radius 2 is 2.27 bits per heavy atom. The van der Waals surface area contributed by atoms with E-state index in [-0.39, 0.29) is 12.0 Å². The van der Waals surface area contributed by atoms with Crippen LogP contribution in [0.2, 0.25) is 0 Å². The number of nitrogens with zero attached hydrogens (tertiary/aromatic N) is 1. The topological polar surface area (TPSA) is 21.7 Å². The third-order valence-corrected chi connectivity index (χ3v) is 5.04. The zero-order valence-electron chi connectivity index (χ0n) is 13.3. The number of likely N-dealkylation sites (tertiary alicyclic amines) is 1. The Bertz CT molecular complexity index is 616. The summed E-state index contributed by atoms with van der Waals surface area (Å²) in [7, 11) is 3.88. The number of ether oxygens (including phenoxy) is 2. The normalized spacial score (nSPS) is 27.2. The fraction of sp³-hybridized carbons (Fsp3) is 0.474. The van der Waals surface area contributed by atoms with Crippen molar-refractivity contribution in [2.75, 3.05) is 27.3 Å². The maximum Gasteiger partial charge on any atom is 0.162 e. The van der Waals surface area contributed by atoms with Gasteiger partial charge in [0, 0.05) is 11.5 Å². The average molecular weight is 297 g/mol. The molecule has 3 nitrogen and oxygen atoms in total. The van der Waals surface area contributed by atoms with E-state index in [9.17, 15) is 0 Å². The summed E-state index contributed by atoms with van der Waals surface area (Å²) in [5.74, 6) is 3.99. The molecule has 3 rings (SSSR count). The lowest BCUT2D eigenvalue weighted by Gasteiger charge is -2.38. The van der Waals surface area contributed by atoms with Gasteiger partial charge < -0.3 is 14.4 Å². The molecule has 1 heterocycles. The summed E-state index contributed by atoms with van der Waals surface area (Å²) < 4.78 is 11.1. The molecule has 0 amide bonds. The molecular weight excluding hydrogens is 274 g/mol. The molecule has 0 radical (unpaired) electrons. The smallest absolute Gasteiger partial charge is 0.162 e. The molecule has 0 N–H and O–H groups in total. The Morgan fingerprint density at radius 3 is 3.05 bits per heavy atom. The highest BCUT2D eigenvalue weighted by Crippen LogP contribution is 2.46. The second kappa shape index (κ2) is 6.06. The predicted octanol–water partition coefficient (Wildman–Crippen LogP) is 3.00. The van der Waals surface area contributed by atoms with E-state index < -0.39 is 0 Å². The predicted molar refractivity (Wildman–Crippen MR) is 88.4 cm³/mol. The molecule has 0 spiro atoms. The minimum absolute atomic E-state index is 0.0908. The minimum atomic E-state index is 0.0908. The SMILES string of the molecule is C#CCOc1cc([C@@]23C=CCC[C@@H]2N(C)CC3)ccc1OC. The fourth-order valence-electron chi connectivity index (χ4n) is 3.93. The molecule has 1 fully saturated rings. The molecule has 2 aliphatic rings. The third kappa shape index (κ3) is 2.38. The number of hydrogen-bond acceptors (Lipinski definition) is 3. The molecule has 1 saturated heterocycles.